The number of guanidine groups is 1. The molecule has 41 heavy (non-hydrogen) atoms. The molecule has 3 aromatic rings. The SMILES string of the molecule is Cc1ccc(/N=C(\NCCCN2CC[C@]34c5c6ccc(O)c5O[C@H]3[C@@H](O)C=CC4[C@H]2C6)Nc2ccc(C)cc2)cc1. The van der Waals surface area contributed by atoms with Crippen LogP contribution in [0.4, 0.5) is 11.4 Å². The molecule has 212 valence electrons. The van der Waals surface area contributed by atoms with Gasteiger partial charge in [-0.1, -0.05) is 53.6 Å². The number of nitrogens with zero attached hydrogens (tertiary/aromatic N) is 2. The largest absolute Gasteiger partial charge is 0.504 e. The number of likely N-dealkylation sites (tertiary alicyclic amines) is 1. The van der Waals surface area contributed by atoms with Crippen molar-refractivity contribution in [1.82, 2.24) is 10.2 Å². The summed E-state index contributed by atoms with van der Waals surface area (Å²) in [5.74, 6) is 1.78. The highest BCUT2D eigenvalue weighted by atomic mass is 16.5. The summed E-state index contributed by atoms with van der Waals surface area (Å²) in [7, 11) is 0. The van der Waals surface area contributed by atoms with Crippen molar-refractivity contribution in [2.24, 2.45) is 10.9 Å². The molecule has 0 amide bonds. The number of nitrogens with one attached hydrogen (secondary N) is 2. The minimum atomic E-state index is -0.660. The molecule has 7 nitrogen and oxygen atoms in total. The molecule has 0 aromatic heterocycles. The number of aryl methyl sites for hydroxylation is 2. The van der Waals surface area contributed by atoms with Gasteiger partial charge < -0.3 is 25.6 Å². The van der Waals surface area contributed by atoms with Crippen LogP contribution >= 0.6 is 0 Å². The van der Waals surface area contributed by atoms with Crippen LogP contribution in [-0.2, 0) is 11.8 Å². The van der Waals surface area contributed by atoms with Crippen molar-refractivity contribution in [3.05, 3.63) is 95.1 Å². The number of hydrogen-bond acceptors (Lipinski definition) is 5. The zero-order valence-corrected chi connectivity index (χ0v) is 23.7. The molecule has 3 aromatic carbocycles. The van der Waals surface area contributed by atoms with Crippen LogP contribution in [0.2, 0.25) is 0 Å². The van der Waals surface area contributed by atoms with Crippen molar-refractivity contribution in [1.29, 1.82) is 0 Å². The Balaban J connectivity index is 1.06. The Bertz CT molecular complexity index is 1500. The van der Waals surface area contributed by atoms with Crippen LogP contribution in [0.25, 0.3) is 0 Å². The maximum atomic E-state index is 10.9. The van der Waals surface area contributed by atoms with Crippen molar-refractivity contribution in [3.63, 3.8) is 0 Å². The molecule has 1 unspecified atom stereocenters. The highest BCUT2D eigenvalue weighted by Crippen LogP contribution is 2.62. The van der Waals surface area contributed by atoms with Gasteiger partial charge in [-0.05, 0) is 75.5 Å². The summed E-state index contributed by atoms with van der Waals surface area (Å²) >= 11 is 0. The van der Waals surface area contributed by atoms with Gasteiger partial charge in [0.25, 0.3) is 0 Å². The van der Waals surface area contributed by atoms with E-state index in [4.69, 9.17) is 9.73 Å². The molecule has 2 bridgehead atoms. The number of rotatable bonds is 6. The minimum Gasteiger partial charge on any atom is -0.504 e. The topological polar surface area (TPSA) is 89.4 Å². The van der Waals surface area contributed by atoms with Gasteiger partial charge in [0.2, 0.25) is 5.96 Å². The molecule has 4 N–H and O–H groups in total. The molecule has 1 fully saturated rings. The predicted molar refractivity (Wildman–Crippen MR) is 162 cm³/mol. The summed E-state index contributed by atoms with van der Waals surface area (Å²) in [5, 5.41) is 28.5. The number of piperidine rings is 1. The first kappa shape index (κ1) is 26.1. The number of phenolic OH excluding ortho intramolecular Hbond substituents is 1. The number of aromatic hydroxyl groups is 1. The van der Waals surface area contributed by atoms with Crippen molar-refractivity contribution < 1.29 is 14.9 Å². The fourth-order valence-electron chi connectivity index (χ4n) is 7.53. The molecule has 0 radical (unpaired) electrons. The van der Waals surface area contributed by atoms with Gasteiger partial charge in [-0.15, -0.1) is 0 Å². The van der Waals surface area contributed by atoms with Crippen LogP contribution in [0.15, 0.2) is 77.8 Å². The van der Waals surface area contributed by atoms with E-state index in [0.29, 0.717) is 11.8 Å². The van der Waals surface area contributed by atoms with Gasteiger partial charge in [-0.2, -0.15) is 0 Å². The van der Waals surface area contributed by atoms with Crippen LogP contribution in [-0.4, -0.2) is 59.0 Å². The first-order valence-electron chi connectivity index (χ1n) is 14.8. The number of phenols is 1. The number of aliphatic imine (C=N–C) groups is 1. The van der Waals surface area contributed by atoms with E-state index >= 15 is 0 Å². The highest BCUT2D eigenvalue weighted by molar-refractivity contribution is 5.95. The van der Waals surface area contributed by atoms with Crippen LogP contribution in [0.1, 0.15) is 35.1 Å². The van der Waals surface area contributed by atoms with Crippen molar-refractivity contribution >= 4 is 17.3 Å². The summed E-state index contributed by atoms with van der Waals surface area (Å²) in [6.07, 6.45) is 5.94. The fraction of sp³-hybridized carbons (Fsp3) is 0.382. The number of benzene rings is 3. The van der Waals surface area contributed by atoms with E-state index in [2.05, 4.69) is 77.9 Å². The molecule has 2 heterocycles. The lowest BCUT2D eigenvalue weighted by Crippen LogP contribution is -2.65. The highest BCUT2D eigenvalue weighted by Gasteiger charge is 2.64. The Labute approximate surface area is 241 Å². The third-order valence-electron chi connectivity index (χ3n) is 9.49. The van der Waals surface area contributed by atoms with Crippen LogP contribution in [0.5, 0.6) is 11.5 Å². The third-order valence-corrected chi connectivity index (χ3v) is 9.49. The fourth-order valence-corrected chi connectivity index (χ4v) is 7.53. The van der Waals surface area contributed by atoms with E-state index in [1.807, 2.05) is 18.2 Å². The number of anilines is 1. The van der Waals surface area contributed by atoms with E-state index in [1.54, 1.807) is 6.07 Å². The van der Waals surface area contributed by atoms with Crippen LogP contribution in [0.3, 0.4) is 0 Å². The van der Waals surface area contributed by atoms with E-state index in [0.717, 1.165) is 61.8 Å². The molecule has 4 aliphatic rings. The Morgan fingerprint density at radius 2 is 1.78 bits per heavy atom. The molecule has 0 saturated carbocycles. The average Bonchev–Trinajstić information content (AvgIpc) is 3.33. The molecule has 7 rings (SSSR count). The van der Waals surface area contributed by atoms with Crippen molar-refractivity contribution in [3.8, 4) is 11.5 Å². The van der Waals surface area contributed by atoms with E-state index < -0.39 is 6.10 Å². The number of aliphatic hydroxyl groups excluding tert-OH is 1. The second-order valence-electron chi connectivity index (χ2n) is 12.1. The van der Waals surface area contributed by atoms with E-state index in [1.165, 1.54) is 16.7 Å². The van der Waals surface area contributed by atoms with Crippen molar-refractivity contribution in [2.75, 3.05) is 25.0 Å². The van der Waals surface area contributed by atoms with Gasteiger partial charge in [0.1, 0.15) is 12.2 Å². The summed E-state index contributed by atoms with van der Waals surface area (Å²) in [4.78, 5) is 7.49. The van der Waals surface area contributed by atoms with E-state index in [9.17, 15) is 10.2 Å². The Kier molecular flexibility index (Phi) is 6.51. The zero-order chi connectivity index (χ0) is 28.1. The molecule has 1 spiro atoms. The van der Waals surface area contributed by atoms with Gasteiger partial charge in [0, 0.05) is 41.7 Å². The number of hydrogen-bond donors (Lipinski definition) is 4. The molecule has 5 atom stereocenters. The Hall–Kier alpha value is -3.81. The summed E-state index contributed by atoms with van der Waals surface area (Å²) < 4.78 is 6.29. The third kappa shape index (κ3) is 4.48. The summed E-state index contributed by atoms with van der Waals surface area (Å²) in [6.45, 7) is 6.87. The second-order valence-corrected chi connectivity index (χ2v) is 12.1. The van der Waals surface area contributed by atoms with Gasteiger partial charge >= 0.3 is 0 Å². The average molecular weight is 551 g/mol. The van der Waals surface area contributed by atoms with Crippen LogP contribution in [0, 0.1) is 19.8 Å². The Morgan fingerprint density at radius 3 is 2.56 bits per heavy atom. The lowest BCUT2D eigenvalue weighted by atomic mass is 9.53. The molecule has 2 aliphatic heterocycles. The maximum absolute atomic E-state index is 10.9. The predicted octanol–water partition coefficient (Wildman–Crippen LogP) is 4.96. The van der Waals surface area contributed by atoms with Gasteiger partial charge in [0.05, 0.1) is 5.69 Å². The minimum absolute atomic E-state index is 0.188. The maximum Gasteiger partial charge on any atom is 0.201 e. The van der Waals surface area contributed by atoms with Gasteiger partial charge in [0.15, 0.2) is 11.5 Å². The smallest absolute Gasteiger partial charge is 0.201 e. The normalized spacial score (nSPS) is 27.7. The summed E-state index contributed by atoms with van der Waals surface area (Å²) in [6, 6.07) is 20.7. The van der Waals surface area contributed by atoms with Crippen LogP contribution < -0.4 is 15.4 Å². The quantitative estimate of drug-likeness (QED) is 0.150. The standard InChI is InChI=1S/C34H38N4O3/c1-21-4-9-24(10-5-21)36-33(37-25-11-6-22(2)7-12-25)35-17-3-18-38-19-16-34-26-13-15-29(40)32(34)41-31-28(39)14-8-23(30(31)34)20-27(26)38/h4-15,26-27,29,32,39-40H,3,16-20H2,1-2H3,(H2,35,36,37)/t26?,27-,29+,32+,34+/m1/s1. The second kappa shape index (κ2) is 10.2. The number of ether oxygens (including phenoxy) is 1. The number of aliphatic hydroxyl groups is 1. The zero-order valence-electron chi connectivity index (χ0n) is 23.7. The first-order chi connectivity index (χ1) is 19.9. The molecular weight excluding hydrogens is 512 g/mol. The molecule has 2 aliphatic carbocycles. The van der Waals surface area contributed by atoms with E-state index in [-0.39, 0.29) is 23.2 Å². The Morgan fingerprint density at radius 1 is 1.02 bits per heavy atom. The molecule has 1 saturated heterocycles. The lowest BCUT2D eigenvalue weighted by Gasteiger charge is -2.57. The summed E-state index contributed by atoms with van der Waals surface area (Å²) in [5.41, 5.74) is 6.48. The first-order valence-corrected chi connectivity index (χ1v) is 14.8. The van der Waals surface area contributed by atoms with Gasteiger partial charge in [-0.25, -0.2) is 4.99 Å². The molecule has 7 heteroatoms. The van der Waals surface area contributed by atoms with Gasteiger partial charge in [-0.3, -0.25) is 4.90 Å². The monoisotopic (exact) mass is 550 g/mol. The molecular formula is C34H38N4O3. The lowest BCUT2D eigenvalue weighted by molar-refractivity contribution is -0.0516. The van der Waals surface area contributed by atoms with Crippen molar-refractivity contribution in [2.45, 2.75) is 56.8 Å².